The lowest BCUT2D eigenvalue weighted by atomic mass is 10.0. The molecule has 2 fully saturated rings. The lowest BCUT2D eigenvalue weighted by Gasteiger charge is -2.16. The highest BCUT2D eigenvalue weighted by atomic mass is 16.5. The largest absolute Gasteiger partial charge is 0.380 e. The van der Waals surface area contributed by atoms with Gasteiger partial charge in [-0.15, -0.1) is 0 Å². The van der Waals surface area contributed by atoms with Crippen molar-refractivity contribution >= 4 is 0 Å². The summed E-state index contributed by atoms with van der Waals surface area (Å²) in [5.74, 6) is 2.59. The van der Waals surface area contributed by atoms with E-state index in [0.717, 1.165) is 37.5 Å². The molecule has 0 aromatic heterocycles. The molecule has 0 spiro atoms. The van der Waals surface area contributed by atoms with Gasteiger partial charge in [0.05, 0.1) is 6.61 Å². The Morgan fingerprint density at radius 1 is 1.19 bits per heavy atom. The van der Waals surface area contributed by atoms with Crippen molar-refractivity contribution in [1.29, 1.82) is 0 Å². The monoisotopic (exact) mass is 226 g/mol. The van der Waals surface area contributed by atoms with Crippen LogP contribution in [0.4, 0.5) is 0 Å². The third-order valence-electron chi connectivity index (χ3n) is 3.86. The van der Waals surface area contributed by atoms with Gasteiger partial charge in [0.25, 0.3) is 0 Å². The first kappa shape index (κ1) is 12.3. The van der Waals surface area contributed by atoms with Gasteiger partial charge in [0.15, 0.2) is 0 Å². The van der Waals surface area contributed by atoms with Gasteiger partial charge in [0.2, 0.25) is 0 Å². The molecule has 0 bridgehead atoms. The maximum absolute atomic E-state index is 5.67. The number of hydrogen-bond acceptors (Lipinski definition) is 3. The average Bonchev–Trinajstić information content (AvgIpc) is 2.76. The molecule has 2 aliphatic heterocycles. The van der Waals surface area contributed by atoms with E-state index in [1.54, 1.807) is 0 Å². The van der Waals surface area contributed by atoms with Crippen molar-refractivity contribution in [2.24, 2.45) is 17.8 Å². The minimum atomic E-state index is 0.761. The van der Waals surface area contributed by atoms with Gasteiger partial charge in [-0.05, 0) is 37.3 Å². The molecule has 2 aliphatic rings. The predicted molar refractivity (Wildman–Crippen MR) is 66.6 cm³/mol. The molecule has 0 amide bonds. The Balaban J connectivity index is 1.51. The Morgan fingerprint density at radius 3 is 2.50 bits per heavy atom. The maximum Gasteiger partial charge on any atom is 0.0593 e. The fourth-order valence-electron chi connectivity index (χ4n) is 2.75. The molecule has 94 valence electrons. The number of nitrogens with one attached hydrogen (secondary N) is 1. The topological polar surface area (TPSA) is 24.5 Å². The Hall–Kier alpha value is -0.120. The summed E-state index contributed by atoms with van der Waals surface area (Å²) in [6.45, 7) is 12.5. The van der Waals surface area contributed by atoms with Gasteiger partial charge in [-0.3, -0.25) is 0 Å². The molecule has 3 nitrogen and oxygen atoms in total. The summed E-state index contributed by atoms with van der Waals surface area (Å²) in [5.41, 5.74) is 0. The minimum Gasteiger partial charge on any atom is -0.380 e. The quantitative estimate of drug-likeness (QED) is 0.689. The molecule has 2 rings (SSSR count). The first-order chi connectivity index (χ1) is 7.75. The van der Waals surface area contributed by atoms with Crippen molar-refractivity contribution in [3.05, 3.63) is 0 Å². The number of ether oxygens (including phenoxy) is 1. The smallest absolute Gasteiger partial charge is 0.0593 e. The highest BCUT2D eigenvalue weighted by Gasteiger charge is 2.35. The predicted octanol–water partition coefficient (Wildman–Crippen LogP) is 1.20. The molecule has 1 N–H and O–H groups in total. The summed E-state index contributed by atoms with van der Waals surface area (Å²) in [6, 6.07) is 0. The van der Waals surface area contributed by atoms with E-state index < -0.39 is 0 Å². The summed E-state index contributed by atoms with van der Waals surface area (Å²) in [5, 5.41) is 3.48. The Morgan fingerprint density at radius 2 is 1.88 bits per heavy atom. The van der Waals surface area contributed by atoms with Gasteiger partial charge in [0.1, 0.15) is 0 Å². The summed E-state index contributed by atoms with van der Waals surface area (Å²) in [6.07, 6.45) is 1.19. The number of likely N-dealkylation sites (tertiary alicyclic amines) is 1. The molecule has 0 aromatic rings. The van der Waals surface area contributed by atoms with Gasteiger partial charge >= 0.3 is 0 Å². The van der Waals surface area contributed by atoms with Gasteiger partial charge < -0.3 is 15.0 Å². The van der Waals surface area contributed by atoms with E-state index in [0.29, 0.717) is 0 Å². The Kier molecular flexibility index (Phi) is 4.62. The molecule has 0 radical (unpaired) electrons. The zero-order chi connectivity index (χ0) is 11.4. The number of fused-ring (bicyclic) bond motifs is 1. The molecular weight excluding hydrogens is 200 g/mol. The summed E-state index contributed by atoms with van der Waals surface area (Å²) in [4.78, 5) is 2.57. The molecule has 2 saturated heterocycles. The van der Waals surface area contributed by atoms with E-state index in [-0.39, 0.29) is 0 Å². The first-order valence-electron chi connectivity index (χ1n) is 6.76. The van der Waals surface area contributed by atoms with Crippen LogP contribution < -0.4 is 5.32 Å². The van der Waals surface area contributed by atoms with Crippen molar-refractivity contribution in [2.75, 3.05) is 45.9 Å². The van der Waals surface area contributed by atoms with Crippen LogP contribution in [0, 0.1) is 17.8 Å². The van der Waals surface area contributed by atoms with Crippen LogP contribution in [-0.4, -0.2) is 50.8 Å². The molecule has 3 heteroatoms. The van der Waals surface area contributed by atoms with Crippen molar-refractivity contribution in [3.63, 3.8) is 0 Å². The Labute approximate surface area is 99.5 Å². The highest BCUT2D eigenvalue weighted by molar-refractivity contribution is 4.90. The van der Waals surface area contributed by atoms with Crippen LogP contribution in [0.3, 0.4) is 0 Å². The van der Waals surface area contributed by atoms with E-state index in [9.17, 15) is 0 Å². The van der Waals surface area contributed by atoms with Crippen LogP contribution in [0.15, 0.2) is 0 Å². The van der Waals surface area contributed by atoms with E-state index >= 15 is 0 Å². The first-order valence-corrected chi connectivity index (χ1v) is 6.76. The number of hydrogen-bond donors (Lipinski definition) is 1. The average molecular weight is 226 g/mol. The third kappa shape index (κ3) is 3.44. The van der Waals surface area contributed by atoms with Crippen molar-refractivity contribution in [1.82, 2.24) is 10.2 Å². The maximum atomic E-state index is 5.67. The van der Waals surface area contributed by atoms with Gasteiger partial charge in [0, 0.05) is 26.2 Å². The standard InChI is InChI=1S/C13H26N2O/c1-11(2)3-5-16-6-4-15-9-12-7-14-8-13(12)10-15/h11-14H,3-10H2,1-2H3. The zero-order valence-corrected chi connectivity index (χ0v) is 10.7. The normalized spacial score (nSPS) is 30.2. The van der Waals surface area contributed by atoms with Crippen LogP contribution in [0.1, 0.15) is 20.3 Å². The summed E-state index contributed by atoms with van der Waals surface area (Å²) >= 11 is 0. The van der Waals surface area contributed by atoms with Crippen molar-refractivity contribution < 1.29 is 4.74 Å². The van der Waals surface area contributed by atoms with Crippen LogP contribution in [0.25, 0.3) is 0 Å². The van der Waals surface area contributed by atoms with Crippen molar-refractivity contribution in [2.45, 2.75) is 20.3 Å². The molecule has 0 aliphatic carbocycles. The second-order valence-corrected chi connectivity index (χ2v) is 5.73. The third-order valence-corrected chi connectivity index (χ3v) is 3.86. The molecule has 0 aromatic carbocycles. The van der Waals surface area contributed by atoms with Gasteiger partial charge in [-0.2, -0.15) is 0 Å². The number of nitrogens with zero attached hydrogens (tertiary/aromatic N) is 1. The zero-order valence-electron chi connectivity index (χ0n) is 10.7. The van der Waals surface area contributed by atoms with Crippen LogP contribution in [-0.2, 0) is 4.74 Å². The second-order valence-electron chi connectivity index (χ2n) is 5.73. The fourth-order valence-corrected chi connectivity index (χ4v) is 2.75. The summed E-state index contributed by atoms with van der Waals surface area (Å²) < 4.78 is 5.67. The second kappa shape index (κ2) is 5.99. The van der Waals surface area contributed by atoms with Crippen molar-refractivity contribution in [3.8, 4) is 0 Å². The molecule has 0 saturated carbocycles. The molecule has 2 unspecified atom stereocenters. The van der Waals surface area contributed by atoms with E-state index in [4.69, 9.17) is 4.74 Å². The van der Waals surface area contributed by atoms with Crippen LogP contribution in [0.2, 0.25) is 0 Å². The van der Waals surface area contributed by atoms with Crippen LogP contribution in [0.5, 0.6) is 0 Å². The molecular formula is C13H26N2O. The SMILES string of the molecule is CC(C)CCOCCN1CC2CNCC2C1. The number of rotatable bonds is 6. The fraction of sp³-hybridized carbons (Fsp3) is 1.00. The van der Waals surface area contributed by atoms with E-state index in [2.05, 4.69) is 24.1 Å². The molecule has 2 atom stereocenters. The molecule has 2 heterocycles. The summed E-state index contributed by atoms with van der Waals surface area (Å²) in [7, 11) is 0. The van der Waals surface area contributed by atoms with Gasteiger partial charge in [-0.1, -0.05) is 13.8 Å². The lowest BCUT2D eigenvalue weighted by molar-refractivity contribution is 0.101. The van der Waals surface area contributed by atoms with E-state index in [1.165, 1.54) is 32.6 Å². The lowest BCUT2D eigenvalue weighted by Crippen LogP contribution is -2.29. The highest BCUT2D eigenvalue weighted by Crippen LogP contribution is 2.25. The van der Waals surface area contributed by atoms with Crippen LogP contribution >= 0.6 is 0 Å². The minimum absolute atomic E-state index is 0.761. The van der Waals surface area contributed by atoms with E-state index in [1.807, 2.05) is 0 Å². The van der Waals surface area contributed by atoms with Gasteiger partial charge in [-0.25, -0.2) is 0 Å². The Bertz CT molecular complexity index is 196. The molecule has 16 heavy (non-hydrogen) atoms.